The van der Waals surface area contributed by atoms with Gasteiger partial charge in [0.15, 0.2) is 5.76 Å². The highest BCUT2D eigenvalue weighted by molar-refractivity contribution is 5.65. The van der Waals surface area contributed by atoms with Crippen molar-refractivity contribution in [2.45, 2.75) is 18.4 Å². The molecule has 0 saturated heterocycles. The van der Waals surface area contributed by atoms with E-state index in [9.17, 15) is 0 Å². The van der Waals surface area contributed by atoms with E-state index in [0.717, 1.165) is 17.9 Å². The predicted molar refractivity (Wildman–Crippen MR) is 64.0 cm³/mol. The van der Waals surface area contributed by atoms with Crippen LogP contribution in [0, 0.1) is 0 Å². The van der Waals surface area contributed by atoms with E-state index in [4.69, 9.17) is 9.57 Å². The van der Waals surface area contributed by atoms with Crippen LogP contribution in [0.1, 0.15) is 17.9 Å². The highest BCUT2D eigenvalue weighted by Crippen LogP contribution is 2.47. The number of nitrogens with zero attached hydrogens (tertiary/aromatic N) is 1. The third-order valence-electron chi connectivity index (χ3n) is 3.51. The molecule has 84 valence electrons. The van der Waals surface area contributed by atoms with Gasteiger partial charge in [-0.3, -0.25) is 0 Å². The molecule has 3 nitrogen and oxygen atoms in total. The Kier molecular flexibility index (Phi) is 1.72. The SMILES string of the molecule is C1=CC2Oc3ccccc3C2C2=C1ON=CC2. The van der Waals surface area contributed by atoms with Gasteiger partial charge in [0.05, 0.1) is 5.92 Å². The number of allylic oxidation sites excluding steroid dienone is 1. The molecule has 17 heavy (non-hydrogen) atoms. The van der Waals surface area contributed by atoms with Crippen molar-refractivity contribution in [3.05, 3.63) is 53.3 Å². The van der Waals surface area contributed by atoms with E-state index in [1.165, 1.54) is 11.1 Å². The first-order valence-corrected chi connectivity index (χ1v) is 5.79. The zero-order valence-corrected chi connectivity index (χ0v) is 9.17. The van der Waals surface area contributed by atoms with Gasteiger partial charge in [-0.15, -0.1) is 0 Å². The molecule has 3 aliphatic rings. The van der Waals surface area contributed by atoms with Crippen LogP contribution in [0.25, 0.3) is 0 Å². The summed E-state index contributed by atoms with van der Waals surface area (Å²) >= 11 is 0. The number of hydrogen-bond donors (Lipinski definition) is 0. The minimum Gasteiger partial charge on any atom is -0.485 e. The monoisotopic (exact) mass is 225 g/mol. The van der Waals surface area contributed by atoms with Crippen LogP contribution in [0.2, 0.25) is 0 Å². The quantitative estimate of drug-likeness (QED) is 0.679. The molecule has 3 heteroatoms. The van der Waals surface area contributed by atoms with Crippen LogP contribution in [0.4, 0.5) is 0 Å². The molecule has 2 unspecified atom stereocenters. The number of fused-ring (bicyclic) bond motifs is 4. The smallest absolute Gasteiger partial charge is 0.158 e. The molecular formula is C14H11NO2. The Morgan fingerprint density at radius 2 is 2.18 bits per heavy atom. The van der Waals surface area contributed by atoms with Crippen molar-refractivity contribution in [2.24, 2.45) is 5.16 Å². The first kappa shape index (κ1) is 9.05. The molecule has 2 aliphatic heterocycles. The fraction of sp³-hybridized carbons (Fsp3) is 0.214. The summed E-state index contributed by atoms with van der Waals surface area (Å²) < 4.78 is 5.94. The molecule has 0 N–H and O–H groups in total. The van der Waals surface area contributed by atoms with Crippen LogP contribution in [0.3, 0.4) is 0 Å². The van der Waals surface area contributed by atoms with Crippen LogP contribution in [-0.4, -0.2) is 12.3 Å². The van der Waals surface area contributed by atoms with Gasteiger partial charge >= 0.3 is 0 Å². The van der Waals surface area contributed by atoms with Crippen LogP contribution in [0.15, 0.2) is 52.9 Å². The zero-order chi connectivity index (χ0) is 11.2. The topological polar surface area (TPSA) is 30.8 Å². The molecule has 0 amide bonds. The van der Waals surface area contributed by atoms with Crippen LogP contribution < -0.4 is 4.74 Å². The Morgan fingerprint density at radius 3 is 3.18 bits per heavy atom. The van der Waals surface area contributed by atoms with Crippen molar-refractivity contribution >= 4 is 6.21 Å². The van der Waals surface area contributed by atoms with E-state index in [0.29, 0.717) is 0 Å². The molecule has 1 aromatic carbocycles. The van der Waals surface area contributed by atoms with E-state index >= 15 is 0 Å². The third-order valence-corrected chi connectivity index (χ3v) is 3.51. The van der Waals surface area contributed by atoms with Gasteiger partial charge in [0.1, 0.15) is 11.9 Å². The summed E-state index contributed by atoms with van der Waals surface area (Å²) in [5.41, 5.74) is 2.53. The summed E-state index contributed by atoms with van der Waals surface area (Å²) in [6.07, 6.45) is 6.80. The van der Waals surface area contributed by atoms with Crippen molar-refractivity contribution in [2.75, 3.05) is 0 Å². The normalized spacial score (nSPS) is 28.0. The van der Waals surface area contributed by atoms with E-state index < -0.39 is 0 Å². The molecule has 0 spiro atoms. The Labute approximate surface area is 99.0 Å². The summed E-state index contributed by atoms with van der Waals surface area (Å²) in [5, 5.41) is 3.86. The van der Waals surface area contributed by atoms with Gasteiger partial charge in [-0.05, 0) is 23.8 Å². The van der Waals surface area contributed by atoms with Crippen LogP contribution in [-0.2, 0) is 4.84 Å². The first-order chi connectivity index (χ1) is 8.43. The van der Waals surface area contributed by atoms with Gasteiger partial charge in [0.2, 0.25) is 0 Å². The number of hydrogen-bond acceptors (Lipinski definition) is 3. The minimum absolute atomic E-state index is 0.112. The fourth-order valence-electron chi connectivity index (χ4n) is 2.76. The van der Waals surface area contributed by atoms with Gasteiger partial charge in [0, 0.05) is 18.2 Å². The maximum absolute atomic E-state index is 5.94. The van der Waals surface area contributed by atoms with Gasteiger partial charge in [-0.1, -0.05) is 23.4 Å². The Bertz CT molecular complexity index is 571. The fourth-order valence-corrected chi connectivity index (χ4v) is 2.76. The summed E-state index contributed by atoms with van der Waals surface area (Å²) in [6.45, 7) is 0. The molecule has 0 saturated carbocycles. The van der Waals surface area contributed by atoms with E-state index in [-0.39, 0.29) is 12.0 Å². The molecule has 2 atom stereocenters. The molecular weight excluding hydrogens is 214 g/mol. The highest BCUT2D eigenvalue weighted by atomic mass is 16.6. The van der Waals surface area contributed by atoms with Crippen molar-refractivity contribution in [1.82, 2.24) is 0 Å². The largest absolute Gasteiger partial charge is 0.485 e. The summed E-state index contributed by atoms with van der Waals surface area (Å²) in [5.74, 6) is 2.16. The third kappa shape index (κ3) is 1.19. The molecule has 1 aromatic rings. The Hall–Kier alpha value is -2.03. The standard InChI is InChI=1S/C14H11NO2/c1-2-4-11-9(3-1)14-10-7-8-15-17-12(10)5-6-13(14)16-11/h1-6,8,13-14H,7H2. The number of ether oxygens (including phenoxy) is 1. The van der Waals surface area contributed by atoms with Crippen LogP contribution >= 0.6 is 0 Å². The highest BCUT2D eigenvalue weighted by Gasteiger charge is 2.39. The molecule has 0 aromatic heterocycles. The van der Waals surface area contributed by atoms with E-state index in [1.807, 2.05) is 24.4 Å². The van der Waals surface area contributed by atoms with Crippen molar-refractivity contribution < 1.29 is 9.57 Å². The second-order valence-corrected chi connectivity index (χ2v) is 4.43. The van der Waals surface area contributed by atoms with Crippen molar-refractivity contribution in [3.63, 3.8) is 0 Å². The molecule has 0 bridgehead atoms. The lowest BCUT2D eigenvalue weighted by molar-refractivity contribution is 0.211. The van der Waals surface area contributed by atoms with Gasteiger partial charge < -0.3 is 9.57 Å². The molecule has 0 fully saturated rings. The van der Waals surface area contributed by atoms with Gasteiger partial charge in [-0.25, -0.2) is 0 Å². The Morgan fingerprint density at radius 1 is 1.24 bits per heavy atom. The molecule has 2 heterocycles. The maximum atomic E-state index is 5.94. The van der Waals surface area contributed by atoms with Crippen LogP contribution in [0.5, 0.6) is 5.75 Å². The number of rotatable bonds is 0. The summed E-state index contributed by atoms with van der Waals surface area (Å²) in [6, 6.07) is 8.23. The number of benzene rings is 1. The van der Waals surface area contributed by atoms with Crippen molar-refractivity contribution in [3.8, 4) is 5.75 Å². The van der Waals surface area contributed by atoms with E-state index in [2.05, 4.69) is 23.4 Å². The number of para-hydroxylation sites is 1. The Balaban J connectivity index is 1.86. The lowest BCUT2D eigenvalue weighted by atomic mass is 9.82. The second-order valence-electron chi connectivity index (χ2n) is 4.43. The summed E-state index contributed by atoms with van der Waals surface area (Å²) in [7, 11) is 0. The second kappa shape index (κ2) is 3.23. The zero-order valence-electron chi connectivity index (χ0n) is 9.17. The van der Waals surface area contributed by atoms with Crippen molar-refractivity contribution in [1.29, 1.82) is 0 Å². The number of oxime groups is 1. The predicted octanol–water partition coefficient (Wildman–Crippen LogP) is 2.76. The van der Waals surface area contributed by atoms with Gasteiger partial charge in [0.25, 0.3) is 0 Å². The van der Waals surface area contributed by atoms with E-state index in [1.54, 1.807) is 0 Å². The lowest BCUT2D eigenvalue weighted by Crippen LogP contribution is -2.23. The molecule has 1 aliphatic carbocycles. The first-order valence-electron chi connectivity index (χ1n) is 5.79. The van der Waals surface area contributed by atoms with Gasteiger partial charge in [-0.2, -0.15) is 0 Å². The summed E-state index contributed by atoms with van der Waals surface area (Å²) in [4.78, 5) is 5.31. The minimum atomic E-state index is 0.112. The lowest BCUT2D eigenvalue weighted by Gasteiger charge is -2.25. The molecule has 0 radical (unpaired) electrons. The molecule has 4 rings (SSSR count). The maximum Gasteiger partial charge on any atom is 0.158 e. The average Bonchev–Trinajstić information content (AvgIpc) is 2.77. The average molecular weight is 225 g/mol.